The maximum absolute atomic E-state index is 13.4. The summed E-state index contributed by atoms with van der Waals surface area (Å²) in [6.07, 6.45) is 5.04. The minimum atomic E-state index is -0.564. The van der Waals surface area contributed by atoms with Crippen LogP contribution in [-0.2, 0) is 30.7 Å². The summed E-state index contributed by atoms with van der Waals surface area (Å²) in [6, 6.07) is 3.78. The van der Waals surface area contributed by atoms with Gasteiger partial charge in [-0.25, -0.2) is 13.8 Å². The van der Waals surface area contributed by atoms with Crippen LogP contribution in [0.15, 0.2) is 29.3 Å². The van der Waals surface area contributed by atoms with Crippen molar-refractivity contribution in [3.63, 3.8) is 0 Å². The highest BCUT2D eigenvalue weighted by Crippen LogP contribution is 2.33. The smallest absolute Gasteiger partial charge is 0.262 e. The fourth-order valence-electron chi connectivity index (χ4n) is 4.06. The highest BCUT2D eigenvalue weighted by Gasteiger charge is 2.25. The molecule has 2 heterocycles. The van der Waals surface area contributed by atoms with Gasteiger partial charge in [-0.15, -0.1) is 11.3 Å². The molecule has 5 nitrogen and oxygen atoms in total. The summed E-state index contributed by atoms with van der Waals surface area (Å²) < 4.78 is 34.0. The molecule has 1 aromatic carbocycles. The van der Waals surface area contributed by atoms with Gasteiger partial charge in [-0.3, -0.25) is 9.36 Å². The van der Waals surface area contributed by atoms with Crippen molar-refractivity contribution < 1.29 is 13.5 Å². The van der Waals surface area contributed by atoms with Crippen LogP contribution in [0.25, 0.3) is 10.2 Å². The number of nitrogens with zero attached hydrogens (tertiary/aromatic N) is 2. The molecule has 1 aliphatic rings. The number of halogens is 2. The molecule has 0 bridgehead atoms. The van der Waals surface area contributed by atoms with Crippen LogP contribution >= 0.6 is 11.3 Å². The molecular weight excluding hydrogens is 420 g/mol. The summed E-state index contributed by atoms with van der Waals surface area (Å²) in [5.41, 5.74) is 1.72. The Morgan fingerprint density at radius 1 is 1.29 bits per heavy atom. The quantitative estimate of drug-likeness (QED) is 0.526. The van der Waals surface area contributed by atoms with Crippen LogP contribution in [0.4, 0.5) is 8.78 Å². The second-order valence-corrected chi connectivity index (χ2v) is 9.38. The molecule has 0 saturated heterocycles. The first kappa shape index (κ1) is 22.0. The van der Waals surface area contributed by atoms with Crippen LogP contribution in [0.2, 0.25) is 0 Å². The number of hydrogen-bond acceptors (Lipinski definition) is 5. The van der Waals surface area contributed by atoms with Crippen molar-refractivity contribution in [3.05, 3.63) is 62.5 Å². The van der Waals surface area contributed by atoms with Crippen molar-refractivity contribution in [2.75, 3.05) is 6.61 Å². The predicted molar refractivity (Wildman–Crippen MR) is 119 cm³/mol. The zero-order chi connectivity index (χ0) is 22.0. The van der Waals surface area contributed by atoms with Gasteiger partial charge in [-0.1, -0.05) is 0 Å². The van der Waals surface area contributed by atoms with Gasteiger partial charge in [-0.05, 0) is 62.8 Å². The highest BCUT2D eigenvalue weighted by molar-refractivity contribution is 7.18. The number of benzene rings is 1. The molecule has 166 valence electrons. The van der Waals surface area contributed by atoms with Crippen molar-refractivity contribution in [1.29, 1.82) is 0 Å². The number of aromatic nitrogens is 2. The van der Waals surface area contributed by atoms with E-state index in [9.17, 15) is 13.6 Å². The Hall–Kier alpha value is -2.16. The SMILES string of the molecule is CC(C)OCCCn1cnc2sc3c(c2c1=O)CC[C@@H](NCc1cc(F)cc(F)c1)C3. The molecule has 0 fully saturated rings. The highest BCUT2D eigenvalue weighted by atomic mass is 32.1. The summed E-state index contributed by atoms with van der Waals surface area (Å²) in [5.74, 6) is -1.13. The van der Waals surface area contributed by atoms with Crippen molar-refractivity contribution in [2.45, 2.75) is 64.8 Å². The monoisotopic (exact) mass is 447 g/mol. The Kier molecular flexibility index (Phi) is 6.79. The first-order valence-electron chi connectivity index (χ1n) is 10.7. The van der Waals surface area contributed by atoms with Gasteiger partial charge in [0.25, 0.3) is 5.56 Å². The molecule has 0 radical (unpaired) electrons. The fraction of sp³-hybridized carbons (Fsp3) is 0.478. The number of nitrogens with one attached hydrogen (secondary N) is 1. The molecule has 0 aliphatic heterocycles. The third-order valence-corrected chi connectivity index (χ3v) is 6.71. The Balaban J connectivity index is 1.45. The van der Waals surface area contributed by atoms with E-state index in [1.165, 1.54) is 17.0 Å². The van der Waals surface area contributed by atoms with E-state index < -0.39 is 11.6 Å². The summed E-state index contributed by atoms with van der Waals surface area (Å²) in [4.78, 5) is 19.5. The molecule has 3 aromatic rings. The minimum Gasteiger partial charge on any atom is -0.379 e. The lowest BCUT2D eigenvalue weighted by Gasteiger charge is -2.23. The van der Waals surface area contributed by atoms with E-state index in [1.54, 1.807) is 22.2 Å². The van der Waals surface area contributed by atoms with Gasteiger partial charge < -0.3 is 10.1 Å². The largest absolute Gasteiger partial charge is 0.379 e. The lowest BCUT2D eigenvalue weighted by molar-refractivity contribution is 0.0747. The molecule has 4 rings (SSSR count). The van der Waals surface area contributed by atoms with Crippen molar-refractivity contribution in [2.24, 2.45) is 0 Å². The molecular formula is C23H27F2N3O2S. The van der Waals surface area contributed by atoms with Crippen LogP contribution in [0.1, 0.15) is 42.7 Å². The Morgan fingerprint density at radius 2 is 2.06 bits per heavy atom. The zero-order valence-corrected chi connectivity index (χ0v) is 18.6. The summed E-state index contributed by atoms with van der Waals surface area (Å²) in [5, 5.41) is 4.15. The van der Waals surface area contributed by atoms with Gasteiger partial charge in [0.05, 0.1) is 17.8 Å². The molecule has 0 amide bonds. The normalized spacial score (nSPS) is 16.2. The maximum Gasteiger partial charge on any atom is 0.262 e. The van der Waals surface area contributed by atoms with Crippen LogP contribution in [0.5, 0.6) is 0 Å². The number of ether oxygens (including phenoxy) is 1. The molecule has 1 N–H and O–H groups in total. The number of fused-ring (bicyclic) bond motifs is 3. The molecule has 0 spiro atoms. The molecule has 31 heavy (non-hydrogen) atoms. The van der Waals surface area contributed by atoms with Crippen molar-refractivity contribution >= 4 is 21.6 Å². The maximum atomic E-state index is 13.4. The van der Waals surface area contributed by atoms with Crippen LogP contribution in [-0.4, -0.2) is 28.3 Å². The van der Waals surface area contributed by atoms with E-state index in [0.717, 1.165) is 47.5 Å². The van der Waals surface area contributed by atoms with Gasteiger partial charge in [0.1, 0.15) is 16.5 Å². The lowest BCUT2D eigenvalue weighted by Crippen LogP contribution is -2.34. The standard InChI is InChI=1S/C23H27F2N3O2S/c1-14(2)30-7-3-6-28-13-27-22-21(23(28)29)19-5-4-18(11-20(19)31-22)26-12-15-8-16(24)10-17(25)9-15/h8-10,13-14,18,26H,3-7,11-12H2,1-2H3/t18-/m1/s1. The minimum absolute atomic E-state index is 0.0219. The van der Waals surface area contributed by atoms with Crippen LogP contribution < -0.4 is 10.9 Å². The van der Waals surface area contributed by atoms with E-state index in [-0.39, 0.29) is 17.7 Å². The van der Waals surface area contributed by atoms with Gasteiger partial charge in [0.2, 0.25) is 0 Å². The molecule has 0 unspecified atom stereocenters. The predicted octanol–water partition coefficient (Wildman–Crippen LogP) is 4.20. The first-order chi connectivity index (χ1) is 14.9. The average molecular weight is 448 g/mol. The topological polar surface area (TPSA) is 56.2 Å². The third kappa shape index (κ3) is 5.19. The third-order valence-electron chi connectivity index (χ3n) is 5.55. The van der Waals surface area contributed by atoms with Crippen LogP contribution in [0, 0.1) is 11.6 Å². The van der Waals surface area contributed by atoms with Gasteiger partial charge >= 0.3 is 0 Å². The number of rotatable bonds is 8. The van der Waals surface area contributed by atoms with Gasteiger partial charge in [0, 0.05) is 36.7 Å². The Bertz CT molecular complexity index is 1110. The van der Waals surface area contributed by atoms with Gasteiger partial charge in [-0.2, -0.15) is 0 Å². The second kappa shape index (κ2) is 9.54. The van der Waals surface area contributed by atoms with E-state index in [2.05, 4.69) is 10.3 Å². The Morgan fingerprint density at radius 3 is 2.81 bits per heavy atom. The second-order valence-electron chi connectivity index (χ2n) is 8.30. The van der Waals surface area contributed by atoms with Crippen molar-refractivity contribution in [1.82, 2.24) is 14.9 Å². The fourth-order valence-corrected chi connectivity index (χ4v) is 5.32. The molecule has 1 aliphatic carbocycles. The van der Waals surface area contributed by atoms with E-state index >= 15 is 0 Å². The number of hydrogen-bond donors (Lipinski definition) is 1. The molecule has 2 aromatic heterocycles. The number of thiophene rings is 1. The molecule has 1 atom stereocenters. The van der Waals surface area contributed by atoms with Gasteiger partial charge in [0.15, 0.2) is 0 Å². The first-order valence-corrected chi connectivity index (χ1v) is 11.5. The summed E-state index contributed by atoms with van der Waals surface area (Å²) in [6.45, 7) is 5.61. The average Bonchev–Trinajstić information content (AvgIpc) is 3.08. The van der Waals surface area contributed by atoms with Crippen LogP contribution in [0.3, 0.4) is 0 Å². The lowest BCUT2D eigenvalue weighted by atomic mass is 9.93. The summed E-state index contributed by atoms with van der Waals surface area (Å²) in [7, 11) is 0. The zero-order valence-electron chi connectivity index (χ0n) is 17.8. The van der Waals surface area contributed by atoms with Crippen molar-refractivity contribution in [3.8, 4) is 0 Å². The van der Waals surface area contributed by atoms with E-state index in [0.29, 0.717) is 25.3 Å². The number of aryl methyl sites for hydroxylation is 2. The Labute approximate surface area is 184 Å². The molecule has 8 heteroatoms. The molecule has 0 saturated carbocycles. The van der Waals surface area contributed by atoms with E-state index in [1.807, 2.05) is 13.8 Å². The summed E-state index contributed by atoms with van der Waals surface area (Å²) >= 11 is 1.58. The van der Waals surface area contributed by atoms with E-state index in [4.69, 9.17) is 4.74 Å².